The fourth-order valence-electron chi connectivity index (χ4n) is 2.71. The van der Waals surface area contributed by atoms with Crippen LogP contribution < -0.4 is 9.64 Å². The molecule has 0 aliphatic carbocycles. The number of aromatic nitrogens is 1. The van der Waals surface area contributed by atoms with Crippen molar-refractivity contribution in [2.75, 3.05) is 11.5 Å². The maximum atomic E-state index is 13.0. The first-order valence-corrected chi connectivity index (χ1v) is 10.4. The molecule has 32 heavy (non-hydrogen) atoms. The van der Waals surface area contributed by atoms with Crippen LogP contribution >= 0.6 is 11.3 Å². The first-order chi connectivity index (χ1) is 15.2. The Morgan fingerprint density at radius 3 is 2.53 bits per heavy atom. The summed E-state index contributed by atoms with van der Waals surface area (Å²) in [5, 5.41) is 1.75. The number of carbonyl (C=O) groups is 2. The second-order valence-corrected chi connectivity index (χ2v) is 7.43. The normalized spacial score (nSPS) is 11.1. The number of para-hydroxylation sites is 1. The number of benzene rings is 2. The van der Waals surface area contributed by atoms with Crippen molar-refractivity contribution >= 4 is 34.0 Å². The van der Waals surface area contributed by atoms with Gasteiger partial charge in [0.05, 0.1) is 30.0 Å². The van der Waals surface area contributed by atoms with Crippen molar-refractivity contribution in [3.05, 3.63) is 71.2 Å². The lowest BCUT2D eigenvalue weighted by Gasteiger charge is -2.19. The number of hydrogen-bond donors (Lipinski definition) is 0. The molecule has 0 bridgehead atoms. The first-order valence-electron chi connectivity index (χ1n) is 9.50. The van der Waals surface area contributed by atoms with Crippen molar-refractivity contribution in [3.8, 4) is 5.75 Å². The summed E-state index contributed by atoms with van der Waals surface area (Å²) in [6.45, 7) is 1.25. The van der Waals surface area contributed by atoms with Crippen LogP contribution in [0.25, 0.3) is 0 Å². The van der Waals surface area contributed by atoms with Crippen LogP contribution in [0.5, 0.6) is 5.75 Å². The van der Waals surface area contributed by atoms with Gasteiger partial charge in [-0.1, -0.05) is 24.3 Å². The third kappa shape index (κ3) is 6.30. The van der Waals surface area contributed by atoms with Crippen molar-refractivity contribution in [2.45, 2.75) is 26.1 Å². The number of anilines is 2. The molecule has 3 aromatic rings. The van der Waals surface area contributed by atoms with Crippen LogP contribution in [0.3, 0.4) is 0 Å². The van der Waals surface area contributed by atoms with Gasteiger partial charge in [-0.3, -0.25) is 14.5 Å². The highest BCUT2D eigenvalue weighted by atomic mass is 32.1. The third-order valence-electron chi connectivity index (χ3n) is 4.18. The number of esters is 1. The monoisotopic (exact) mass is 464 g/mol. The summed E-state index contributed by atoms with van der Waals surface area (Å²) in [6.07, 6.45) is -4.50. The zero-order valence-corrected chi connectivity index (χ0v) is 17.8. The number of carbonyl (C=O) groups excluding carboxylic acids is 2. The molecule has 1 heterocycles. The van der Waals surface area contributed by atoms with E-state index in [1.807, 2.05) is 18.2 Å². The fraction of sp³-hybridized carbons (Fsp3) is 0.227. The summed E-state index contributed by atoms with van der Waals surface area (Å²) in [5.41, 5.74) is -0.450. The van der Waals surface area contributed by atoms with E-state index in [2.05, 4.69) is 4.98 Å². The smallest absolute Gasteiger partial charge is 0.416 e. The van der Waals surface area contributed by atoms with Gasteiger partial charge < -0.3 is 9.47 Å². The predicted molar refractivity (Wildman–Crippen MR) is 113 cm³/mol. The molecule has 6 nitrogen and oxygen atoms in total. The SMILES string of the molecule is CC(=O)N(c1cccc(C(F)(F)F)c1)c1nc(COC(=O)CCOc2ccccc2)cs1. The Hall–Kier alpha value is -3.40. The summed E-state index contributed by atoms with van der Waals surface area (Å²) in [5.74, 6) is -0.347. The number of halogens is 3. The lowest BCUT2D eigenvalue weighted by atomic mass is 10.2. The van der Waals surface area contributed by atoms with Crippen molar-refractivity contribution in [1.29, 1.82) is 0 Å². The molecular weight excluding hydrogens is 445 g/mol. The van der Waals surface area contributed by atoms with Gasteiger partial charge in [-0.05, 0) is 30.3 Å². The van der Waals surface area contributed by atoms with Crippen molar-refractivity contribution in [2.24, 2.45) is 0 Å². The number of alkyl halides is 3. The van der Waals surface area contributed by atoms with Gasteiger partial charge in [-0.15, -0.1) is 11.3 Å². The minimum Gasteiger partial charge on any atom is -0.493 e. The average Bonchev–Trinajstić information content (AvgIpc) is 3.21. The molecule has 1 aromatic heterocycles. The predicted octanol–water partition coefficient (Wildman–Crippen LogP) is 5.36. The number of hydrogen-bond acceptors (Lipinski definition) is 6. The van der Waals surface area contributed by atoms with Gasteiger partial charge in [0.1, 0.15) is 12.4 Å². The summed E-state index contributed by atoms with van der Waals surface area (Å²) < 4.78 is 49.7. The fourth-order valence-corrected chi connectivity index (χ4v) is 3.58. The zero-order valence-electron chi connectivity index (χ0n) is 17.0. The molecule has 0 spiro atoms. The van der Waals surface area contributed by atoms with Crippen molar-refractivity contribution in [3.63, 3.8) is 0 Å². The van der Waals surface area contributed by atoms with E-state index in [-0.39, 0.29) is 30.5 Å². The summed E-state index contributed by atoms with van der Waals surface area (Å²) >= 11 is 1.06. The molecule has 0 atom stereocenters. The first kappa shape index (κ1) is 23.3. The molecule has 0 aliphatic rings. The van der Waals surface area contributed by atoms with Crippen LogP contribution in [0.2, 0.25) is 0 Å². The summed E-state index contributed by atoms with van der Waals surface area (Å²) in [4.78, 5) is 29.4. The van der Waals surface area contributed by atoms with E-state index in [9.17, 15) is 22.8 Å². The minimum absolute atomic E-state index is 0.0374. The van der Waals surface area contributed by atoms with Crippen molar-refractivity contribution < 1.29 is 32.2 Å². The van der Waals surface area contributed by atoms with Gasteiger partial charge in [-0.25, -0.2) is 4.98 Å². The van der Waals surface area contributed by atoms with Crippen LogP contribution in [-0.4, -0.2) is 23.5 Å². The Morgan fingerprint density at radius 1 is 1.09 bits per heavy atom. The molecule has 168 valence electrons. The number of amides is 1. The van der Waals surface area contributed by atoms with Gasteiger partial charge in [0.25, 0.3) is 0 Å². The van der Waals surface area contributed by atoms with Crippen LogP contribution in [0.1, 0.15) is 24.6 Å². The van der Waals surface area contributed by atoms with Crippen LogP contribution in [0, 0.1) is 0 Å². The number of thiazole rings is 1. The third-order valence-corrected chi connectivity index (χ3v) is 5.05. The highest BCUT2D eigenvalue weighted by molar-refractivity contribution is 7.14. The van der Waals surface area contributed by atoms with E-state index in [0.29, 0.717) is 11.4 Å². The highest BCUT2D eigenvalue weighted by Gasteiger charge is 2.31. The lowest BCUT2D eigenvalue weighted by molar-refractivity contribution is -0.145. The Morgan fingerprint density at radius 2 is 1.84 bits per heavy atom. The maximum Gasteiger partial charge on any atom is 0.416 e. The molecule has 0 aliphatic heterocycles. The molecule has 0 radical (unpaired) electrons. The molecular formula is C22H19F3N2O4S. The van der Waals surface area contributed by atoms with E-state index < -0.39 is 23.6 Å². The molecule has 0 unspecified atom stereocenters. The second-order valence-electron chi connectivity index (χ2n) is 6.60. The second kappa shape index (κ2) is 10.3. The largest absolute Gasteiger partial charge is 0.493 e. The molecule has 0 N–H and O–H groups in total. The topological polar surface area (TPSA) is 68.7 Å². The van der Waals surface area contributed by atoms with Crippen molar-refractivity contribution in [1.82, 2.24) is 4.98 Å². The zero-order chi connectivity index (χ0) is 23.1. The molecule has 0 saturated heterocycles. The highest BCUT2D eigenvalue weighted by Crippen LogP contribution is 2.35. The van der Waals surface area contributed by atoms with Crippen LogP contribution in [-0.2, 0) is 27.1 Å². The molecule has 10 heteroatoms. The quantitative estimate of drug-likeness (QED) is 0.420. The van der Waals surface area contributed by atoms with E-state index in [0.717, 1.165) is 28.4 Å². The molecule has 0 fully saturated rings. The molecule has 3 rings (SSSR count). The number of nitrogens with zero attached hydrogens (tertiary/aromatic N) is 2. The summed E-state index contributed by atoms with van der Waals surface area (Å²) in [6, 6.07) is 13.5. The average molecular weight is 464 g/mol. The lowest BCUT2D eigenvalue weighted by Crippen LogP contribution is -2.23. The number of ether oxygens (including phenoxy) is 2. The van der Waals surface area contributed by atoms with E-state index >= 15 is 0 Å². The van der Waals surface area contributed by atoms with E-state index in [1.54, 1.807) is 17.5 Å². The van der Waals surface area contributed by atoms with E-state index in [1.165, 1.54) is 19.1 Å². The van der Waals surface area contributed by atoms with Gasteiger partial charge >= 0.3 is 12.1 Å². The van der Waals surface area contributed by atoms with Crippen LogP contribution in [0.4, 0.5) is 24.0 Å². The van der Waals surface area contributed by atoms with Gasteiger partial charge in [0.15, 0.2) is 5.13 Å². The summed E-state index contributed by atoms with van der Waals surface area (Å²) in [7, 11) is 0. The minimum atomic E-state index is -4.54. The van der Waals surface area contributed by atoms with Gasteiger partial charge in [0, 0.05) is 12.3 Å². The molecule has 2 aromatic carbocycles. The molecule has 0 saturated carbocycles. The maximum absolute atomic E-state index is 13.0. The van der Waals surface area contributed by atoms with E-state index in [4.69, 9.17) is 9.47 Å². The molecule has 1 amide bonds. The van der Waals surface area contributed by atoms with Crippen LogP contribution in [0.15, 0.2) is 60.0 Å². The van der Waals surface area contributed by atoms with Gasteiger partial charge in [0.2, 0.25) is 5.91 Å². The van der Waals surface area contributed by atoms with Gasteiger partial charge in [-0.2, -0.15) is 13.2 Å². The Bertz CT molecular complexity index is 1070. The number of rotatable bonds is 8. The Kier molecular flexibility index (Phi) is 7.47. The standard InChI is InChI=1S/C22H19F3N2O4S/c1-15(28)27(18-7-5-6-16(12-18)22(23,24)25)21-26-17(14-32-21)13-31-20(29)10-11-30-19-8-3-2-4-9-19/h2-9,12,14H,10-11,13H2,1H3. The Labute approximate surface area is 186 Å². The Balaban J connectivity index is 1.59.